The molecule has 68 valence electrons. The standard InChI is InChI=1S/C7H14O3.H3N/c1-3-4-7(8)10-6-5-9-2;/h3-6H2,1-2H3;1H3. The third kappa shape index (κ3) is 9.39. The molecule has 0 heterocycles. The molecule has 4 heteroatoms. The molecular formula is C7H17NO3. The predicted molar refractivity (Wildman–Crippen MR) is 42.8 cm³/mol. The van der Waals surface area contributed by atoms with Gasteiger partial charge in [-0.1, -0.05) is 6.92 Å². The van der Waals surface area contributed by atoms with E-state index in [0.717, 1.165) is 6.42 Å². The highest BCUT2D eigenvalue weighted by atomic mass is 16.6. The lowest BCUT2D eigenvalue weighted by Gasteiger charge is -2.01. The molecule has 0 spiro atoms. The molecule has 0 aliphatic rings. The van der Waals surface area contributed by atoms with Gasteiger partial charge in [0.05, 0.1) is 6.61 Å². The number of rotatable bonds is 5. The van der Waals surface area contributed by atoms with Crippen LogP contribution < -0.4 is 6.15 Å². The zero-order valence-electron chi connectivity index (χ0n) is 7.26. The fourth-order valence-corrected chi connectivity index (χ4v) is 0.515. The van der Waals surface area contributed by atoms with Crippen molar-refractivity contribution >= 4 is 5.97 Å². The van der Waals surface area contributed by atoms with Gasteiger partial charge in [0.2, 0.25) is 0 Å². The summed E-state index contributed by atoms with van der Waals surface area (Å²) in [6, 6.07) is 0. The first kappa shape index (κ1) is 13.0. The van der Waals surface area contributed by atoms with Crippen LogP contribution in [0.25, 0.3) is 0 Å². The van der Waals surface area contributed by atoms with Gasteiger partial charge in [0.15, 0.2) is 0 Å². The Balaban J connectivity index is 0. The summed E-state index contributed by atoms with van der Waals surface area (Å²) < 4.78 is 9.45. The van der Waals surface area contributed by atoms with Gasteiger partial charge in [-0.05, 0) is 6.42 Å². The van der Waals surface area contributed by atoms with Gasteiger partial charge in [-0.2, -0.15) is 0 Å². The van der Waals surface area contributed by atoms with Gasteiger partial charge in [-0.15, -0.1) is 0 Å². The van der Waals surface area contributed by atoms with E-state index in [0.29, 0.717) is 19.6 Å². The quantitative estimate of drug-likeness (QED) is 0.487. The first-order chi connectivity index (χ1) is 4.81. The van der Waals surface area contributed by atoms with Gasteiger partial charge >= 0.3 is 5.97 Å². The molecule has 4 nitrogen and oxygen atoms in total. The van der Waals surface area contributed by atoms with E-state index in [2.05, 4.69) is 0 Å². The minimum Gasteiger partial charge on any atom is -0.463 e. The van der Waals surface area contributed by atoms with Crippen molar-refractivity contribution in [2.75, 3.05) is 20.3 Å². The number of hydrogen-bond donors (Lipinski definition) is 1. The second kappa shape index (κ2) is 9.39. The van der Waals surface area contributed by atoms with Gasteiger partial charge in [-0.3, -0.25) is 4.79 Å². The average molecular weight is 163 g/mol. The molecule has 0 aromatic rings. The van der Waals surface area contributed by atoms with Crippen LogP contribution in [0.5, 0.6) is 0 Å². The van der Waals surface area contributed by atoms with Gasteiger partial charge in [0.25, 0.3) is 0 Å². The monoisotopic (exact) mass is 163 g/mol. The minimum absolute atomic E-state index is 0. The number of esters is 1. The van der Waals surface area contributed by atoms with Crippen LogP contribution in [0.3, 0.4) is 0 Å². The SMILES string of the molecule is CCCC(=O)OCCOC.N. The maximum absolute atomic E-state index is 10.6. The highest BCUT2D eigenvalue weighted by Crippen LogP contribution is 1.90. The van der Waals surface area contributed by atoms with E-state index >= 15 is 0 Å². The summed E-state index contributed by atoms with van der Waals surface area (Å²) in [6.45, 7) is 2.79. The summed E-state index contributed by atoms with van der Waals surface area (Å²) in [7, 11) is 1.58. The van der Waals surface area contributed by atoms with E-state index in [1.54, 1.807) is 7.11 Å². The molecule has 11 heavy (non-hydrogen) atoms. The molecule has 0 amide bonds. The largest absolute Gasteiger partial charge is 0.463 e. The molecule has 0 aliphatic heterocycles. The highest BCUT2D eigenvalue weighted by Gasteiger charge is 1.98. The van der Waals surface area contributed by atoms with Crippen molar-refractivity contribution in [2.24, 2.45) is 0 Å². The van der Waals surface area contributed by atoms with E-state index in [1.165, 1.54) is 0 Å². The van der Waals surface area contributed by atoms with Crippen LogP contribution in [0.2, 0.25) is 0 Å². The van der Waals surface area contributed by atoms with Crippen molar-refractivity contribution in [1.82, 2.24) is 6.15 Å². The molecule has 0 aromatic carbocycles. The fraction of sp³-hybridized carbons (Fsp3) is 0.857. The molecule has 0 saturated heterocycles. The fourth-order valence-electron chi connectivity index (χ4n) is 0.515. The molecule has 0 saturated carbocycles. The summed E-state index contributed by atoms with van der Waals surface area (Å²) in [5.41, 5.74) is 0. The molecule has 0 aliphatic carbocycles. The molecule has 0 radical (unpaired) electrons. The van der Waals surface area contributed by atoms with Gasteiger partial charge in [-0.25, -0.2) is 0 Å². The smallest absolute Gasteiger partial charge is 0.305 e. The molecule has 0 atom stereocenters. The number of carbonyl (C=O) groups is 1. The number of ether oxygens (including phenoxy) is 2. The number of methoxy groups -OCH3 is 1. The number of carbonyl (C=O) groups excluding carboxylic acids is 1. The third-order valence-corrected chi connectivity index (χ3v) is 1.00. The van der Waals surface area contributed by atoms with Crippen LogP contribution in [-0.4, -0.2) is 26.3 Å². The van der Waals surface area contributed by atoms with E-state index in [-0.39, 0.29) is 12.1 Å². The van der Waals surface area contributed by atoms with Crippen LogP contribution in [0.15, 0.2) is 0 Å². The van der Waals surface area contributed by atoms with Gasteiger partial charge in [0.1, 0.15) is 6.61 Å². The Bertz CT molecular complexity index is 95.7. The molecule has 0 bridgehead atoms. The van der Waals surface area contributed by atoms with Crippen molar-refractivity contribution in [1.29, 1.82) is 0 Å². The van der Waals surface area contributed by atoms with Crippen molar-refractivity contribution < 1.29 is 14.3 Å². The Hall–Kier alpha value is -0.610. The molecule has 0 fully saturated rings. The van der Waals surface area contributed by atoms with Crippen molar-refractivity contribution in [3.05, 3.63) is 0 Å². The molecule has 0 aromatic heterocycles. The van der Waals surface area contributed by atoms with E-state index in [1.807, 2.05) is 6.92 Å². The van der Waals surface area contributed by atoms with E-state index in [4.69, 9.17) is 9.47 Å². The molecule has 0 unspecified atom stereocenters. The van der Waals surface area contributed by atoms with Crippen LogP contribution in [0.4, 0.5) is 0 Å². The topological polar surface area (TPSA) is 70.5 Å². The predicted octanol–water partition coefficient (Wildman–Crippen LogP) is 1.14. The average Bonchev–Trinajstić information content (AvgIpc) is 1.89. The van der Waals surface area contributed by atoms with Gasteiger partial charge < -0.3 is 15.6 Å². The first-order valence-electron chi connectivity index (χ1n) is 3.45. The Kier molecular flexibility index (Phi) is 11.1. The number of hydrogen-bond acceptors (Lipinski definition) is 4. The summed E-state index contributed by atoms with van der Waals surface area (Å²) in [5.74, 6) is -0.139. The normalized spacial score (nSPS) is 8.55. The minimum atomic E-state index is -0.139. The van der Waals surface area contributed by atoms with Crippen LogP contribution in [0, 0.1) is 0 Å². The Morgan fingerprint density at radius 2 is 2.00 bits per heavy atom. The summed E-state index contributed by atoms with van der Waals surface area (Å²) >= 11 is 0. The lowest BCUT2D eigenvalue weighted by Crippen LogP contribution is -2.08. The summed E-state index contributed by atoms with van der Waals surface area (Å²) in [6.07, 6.45) is 1.34. The zero-order chi connectivity index (χ0) is 7.82. The maximum atomic E-state index is 10.6. The van der Waals surface area contributed by atoms with E-state index < -0.39 is 0 Å². The Morgan fingerprint density at radius 3 is 2.45 bits per heavy atom. The summed E-state index contributed by atoms with van der Waals surface area (Å²) in [5, 5.41) is 0. The first-order valence-corrected chi connectivity index (χ1v) is 3.45. The lowest BCUT2D eigenvalue weighted by atomic mass is 10.3. The van der Waals surface area contributed by atoms with Crippen LogP contribution in [-0.2, 0) is 14.3 Å². The van der Waals surface area contributed by atoms with Crippen molar-refractivity contribution in [2.45, 2.75) is 19.8 Å². The molecular weight excluding hydrogens is 146 g/mol. The Morgan fingerprint density at radius 1 is 1.36 bits per heavy atom. The molecule has 0 rings (SSSR count). The second-order valence-corrected chi connectivity index (χ2v) is 1.96. The maximum Gasteiger partial charge on any atom is 0.305 e. The summed E-state index contributed by atoms with van der Waals surface area (Å²) in [4.78, 5) is 10.6. The third-order valence-electron chi connectivity index (χ3n) is 1.00. The van der Waals surface area contributed by atoms with Crippen molar-refractivity contribution in [3.63, 3.8) is 0 Å². The van der Waals surface area contributed by atoms with Gasteiger partial charge in [0, 0.05) is 13.5 Å². The second-order valence-electron chi connectivity index (χ2n) is 1.96. The highest BCUT2D eigenvalue weighted by molar-refractivity contribution is 5.69. The Labute approximate surface area is 67.5 Å². The van der Waals surface area contributed by atoms with Crippen LogP contribution in [0.1, 0.15) is 19.8 Å². The zero-order valence-corrected chi connectivity index (χ0v) is 7.26. The lowest BCUT2D eigenvalue weighted by molar-refractivity contribution is -0.144. The van der Waals surface area contributed by atoms with E-state index in [9.17, 15) is 4.79 Å². The molecule has 3 N–H and O–H groups in total. The van der Waals surface area contributed by atoms with Crippen LogP contribution >= 0.6 is 0 Å². The van der Waals surface area contributed by atoms with Crippen molar-refractivity contribution in [3.8, 4) is 0 Å².